The molecule has 17 heavy (non-hydrogen) atoms. The first kappa shape index (κ1) is 10.4. The van der Waals surface area contributed by atoms with Gasteiger partial charge < -0.3 is 4.98 Å². The number of rotatable bonds is 1. The fraction of sp³-hybridized carbons (Fsp3) is 0.500. The fourth-order valence-corrected chi connectivity index (χ4v) is 2.80. The average Bonchev–Trinajstić information content (AvgIpc) is 2.85. The molecule has 0 saturated heterocycles. The smallest absolute Gasteiger partial charge is 0.273 e. The number of hydrogen-bond acceptors (Lipinski definition) is 2. The molecule has 2 heterocycles. The topological polar surface area (TPSA) is 70.7 Å². The van der Waals surface area contributed by atoms with E-state index in [1.165, 1.54) is 18.9 Å². The van der Waals surface area contributed by atoms with Crippen LogP contribution in [-0.2, 0) is 0 Å². The number of aryl methyl sites for hydroxylation is 1. The van der Waals surface area contributed by atoms with Gasteiger partial charge in [-0.2, -0.15) is 0 Å². The molecular formula is C12H15N3O2. The van der Waals surface area contributed by atoms with Crippen LogP contribution >= 0.6 is 0 Å². The Kier molecular flexibility index (Phi) is 2.21. The fourth-order valence-electron chi connectivity index (χ4n) is 2.80. The molecule has 90 valence electrons. The van der Waals surface area contributed by atoms with Crippen LogP contribution < -0.4 is 11.1 Å². The van der Waals surface area contributed by atoms with Crippen molar-refractivity contribution in [3.8, 4) is 0 Å². The lowest BCUT2D eigenvalue weighted by Crippen LogP contribution is -2.12. The van der Waals surface area contributed by atoms with E-state index in [1.54, 1.807) is 6.92 Å². The summed E-state index contributed by atoms with van der Waals surface area (Å²) in [5, 5.41) is 3.46. The number of nitrogens with one attached hydrogen (secondary N) is 2. The van der Waals surface area contributed by atoms with E-state index in [0.29, 0.717) is 17.1 Å². The van der Waals surface area contributed by atoms with Gasteiger partial charge in [-0.3, -0.25) is 19.4 Å². The lowest BCUT2D eigenvalue weighted by Gasteiger charge is -2.11. The minimum absolute atomic E-state index is 0.111. The van der Waals surface area contributed by atoms with Gasteiger partial charge in [0.15, 0.2) is 0 Å². The molecule has 2 aromatic rings. The number of nitrogens with zero attached hydrogens (tertiary/aromatic N) is 1. The second-order valence-electron chi connectivity index (χ2n) is 4.79. The van der Waals surface area contributed by atoms with Crippen LogP contribution in [-0.4, -0.2) is 14.8 Å². The molecular weight excluding hydrogens is 218 g/mol. The molecule has 0 aliphatic heterocycles. The highest BCUT2D eigenvalue weighted by Gasteiger charge is 2.21. The molecule has 0 aromatic carbocycles. The molecule has 3 rings (SSSR count). The third-order valence-corrected chi connectivity index (χ3v) is 3.60. The van der Waals surface area contributed by atoms with Crippen molar-refractivity contribution in [1.29, 1.82) is 0 Å². The minimum atomic E-state index is -0.152. The summed E-state index contributed by atoms with van der Waals surface area (Å²) >= 11 is 0. The maximum Gasteiger partial charge on any atom is 0.273 e. The number of pyridine rings is 1. The van der Waals surface area contributed by atoms with Crippen molar-refractivity contribution in [2.45, 2.75) is 38.6 Å². The summed E-state index contributed by atoms with van der Waals surface area (Å²) in [4.78, 5) is 26.2. The highest BCUT2D eigenvalue weighted by molar-refractivity contribution is 5.78. The number of fused-ring (bicyclic) bond motifs is 1. The summed E-state index contributed by atoms with van der Waals surface area (Å²) in [5.41, 5.74) is 1.12. The van der Waals surface area contributed by atoms with Crippen LogP contribution in [0.25, 0.3) is 11.0 Å². The van der Waals surface area contributed by atoms with Gasteiger partial charge in [0.2, 0.25) is 5.56 Å². The Hall–Kier alpha value is -1.78. The quantitative estimate of drug-likeness (QED) is 0.782. The van der Waals surface area contributed by atoms with Gasteiger partial charge in [-0.25, -0.2) is 0 Å². The molecule has 1 fully saturated rings. The number of H-pyrrole nitrogens is 2. The Labute approximate surface area is 97.4 Å². The van der Waals surface area contributed by atoms with Crippen molar-refractivity contribution in [2.24, 2.45) is 0 Å². The van der Waals surface area contributed by atoms with E-state index >= 15 is 0 Å². The largest absolute Gasteiger partial charge is 0.307 e. The summed E-state index contributed by atoms with van der Waals surface area (Å²) in [6, 6.07) is 1.79. The van der Waals surface area contributed by atoms with E-state index in [9.17, 15) is 9.59 Å². The maximum atomic E-state index is 11.9. The van der Waals surface area contributed by atoms with Gasteiger partial charge in [0, 0.05) is 6.07 Å². The Balaban J connectivity index is 2.32. The molecule has 1 saturated carbocycles. The lowest BCUT2D eigenvalue weighted by atomic mass is 10.2. The van der Waals surface area contributed by atoms with Crippen molar-refractivity contribution < 1.29 is 0 Å². The van der Waals surface area contributed by atoms with Gasteiger partial charge in [-0.1, -0.05) is 12.8 Å². The van der Waals surface area contributed by atoms with Gasteiger partial charge in [0.1, 0.15) is 5.65 Å². The highest BCUT2D eigenvalue weighted by atomic mass is 16.1. The third kappa shape index (κ3) is 1.53. The summed E-state index contributed by atoms with van der Waals surface area (Å²) in [6.45, 7) is 1.80. The second kappa shape index (κ2) is 3.61. The van der Waals surface area contributed by atoms with Crippen LogP contribution in [0, 0.1) is 6.92 Å². The van der Waals surface area contributed by atoms with Gasteiger partial charge in [-0.15, -0.1) is 0 Å². The van der Waals surface area contributed by atoms with Gasteiger partial charge in [0.05, 0.1) is 11.4 Å². The Morgan fingerprint density at radius 2 is 2.00 bits per heavy atom. The number of aromatic nitrogens is 3. The Morgan fingerprint density at radius 3 is 2.71 bits per heavy atom. The van der Waals surface area contributed by atoms with Gasteiger partial charge in [-0.05, 0) is 25.3 Å². The van der Waals surface area contributed by atoms with E-state index in [-0.39, 0.29) is 11.1 Å². The summed E-state index contributed by atoms with van der Waals surface area (Å²) < 4.78 is 1.85. The molecule has 5 nitrogen and oxygen atoms in total. The summed E-state index contributed by atoms with van der Waals surface area (Å²) in [6.07, 6.45) is 4.50. The van der Waals surface area contributed by atoms with E-state index < -0.39 is 0 Å². The highest BCUT2D eigenvalue weighted by Crippen LogP contribution is 2.30. The van der Waals surface area contributed by atoms with Crippen LogP contribution in [0.2, 0.25) is 0 Å². The van der Waals surface area contributed by atoms with Crippen LogP contribution in [0.1, 0.15) is 37.3 Å². The predicted octanol–water partition coefficient (Wildman–Crippen LogP) is 1.44. The third-order valence-electron chi connectivity index (χ3n) is 3.60. The molecule has 0 amide bonds. The first-order valence-corrected chi connectivity index (χ1v) is 6.01. The van der Waals surface area contributed by atoms with Crippen molar-refractivity contribution in [3.63, 3.8) is 0 Å². The van der Waals surface area contributed by atoms with Crippen molar-refractivity contribution in [3.05, 3.63) is 32.3 Å². The number of hydrogen-bond donors (Lipinski definition) is 2. The number of aromatic amines is 2. The molecule has 0 radical (unpaired) electrons. The normalized spacial score (nSPS) is 17.0. The zero-order chi connectivity index (χ0) is 12.0. The molecule has 0 atom stereocenters. The standard InChI is InChI=1S/C12H15N3O2/c1-7-6-9(16)13-11-10(7)12(17)14-15(11)8-4-2-3-5-8/h6,8H,2-5H2,1H3,(H,13,16)(H,14,17). The Bertz CT molecular complexity index is 671. The maximum absolute atomic E-state index is 11.9. The van der Waals surface area contributed by atoms with Crippen LogP contribution in [0.5, 0.6) is 0 Å². The zero-order valence-corrected chi connectivity index (χ0v) is 9.75. The summed E-state index contributed by atoms with van der Waals surface area (Å²) in [7, 11) is 0. The molecule has 0 spiro atoms. The average molecular weight is 233 g/mol. The van der Waals surface area contributed by atoms with Crippen molar-refractivity contribution in [2.75, 3.05) is 0 Å². The van der Waals surface area contributed by atoms with Crippen LogP contribution in [0.4, 0.5) is 0 Å². The lowest BCUT2D eigenvalue weighted by molar-refractivity contribution is 0.475. The van der Waals surface area contributed by atoms with Crippen LogP contribution in [0.15, 0.2) is 15.7 Å². The van der Waals surface area contributed by atoms with E-state index in [0.717, 1.165) is 18.4 Å². The molecule has 2 N–H and O–H groups in total. The predicted molar refractivity (Wildman–Crippen MR) is 65.4 cm³/mol. The first-order chi connectivity index (χ1) is 8.16. The molecule has 0 unspecified atom stereocenters. The van der Waals surface area contributed by atoms with E-state index in [4.69, 9.17) is 0 Å². The van der Waals surface area contributed by atoms with Crippen molar-refractivity contribution in [1.82, 2.24) is 14.8 Å². The monoisotopic (exact) mass is 233 g/mol. The van der Waals surface area contributed by atoms with E-state index in [2.05, 4.69) is 10.1 Å². The van der Waals surface area contributed by atoms with Crippen molar-refractivity contribution >= 4 is 11.0 Å². The molecule has 1 aliphatic rings. The second-order valence-corrected chi connectivity index (χ2v) is 4.79. The molecule has 2 aromatic heterocycles. The SMILES string of the molecule is Cc1cc(=O)[nH]c2c1c(=O)[nH]n2C1CCCC1. The Morgan fingerprint density at radius 1 is 1.29 bits per heavy atom. The molecule has 5 heteroatoms. The summed E-state index contributed by atoms with van der Waals surface area (Å²) in [5.74, 6) is 0. The van der Waals surface area contributed by atoms with Crippen LogP contribution in [0.3, 0.4) is 0 Å². The van der Waals surface area contributed by atoms with Gasteiger partial charge in [0.25, 0.3) is 5.56 Å². The zero-order valence-electron chi connectivity index (χ0n) is 9.75. The molecule has 1 aliphatic carbocycles. The molecule has 0 bridgehead atoms. The minimum Gasteiger partial charge on any atom is -0.307 e. The van der Waals surface area contributed by atoms with E-state index in [1.807, 2.05) is 4.68 Å². The van der Waals surface area contributed by atoms with Gasteiger partial charge >= 0.3 is 0 Å². The first-order valence-electron chi connectivity index (χ1n) is 6.01.